The quantitative estimate of drug-likeness (QED) is 0.873. The predicted octanol–water partition coefficient (Wildman–Crippen LogP) is 3.22. The van der Waals surface area contributed by atoms with Crippen LogP contribution in [0.15, 0.2) is 41.3 Å². The fourth-order valence-corrected chi connectivity index (χ4v) is 4.74. The Morgan fingerprint density at radius 2 is 1.92 bits per heavy atom. The summed E-state index contributed by atoms with van der Waals surface area (Å²) < 4.78 is 34.0. The molecule has 2 aromatic carbocycles. The maximum atomic E-state index is 12.8. The van der Waals surface area contributed by atoms with E-state index < -0.39 is 10.0 Å². The van der Waals surface area contributed by atoms with Crippen molar-refractivity contribution in [1.82, 2.24) is 4.90 Å². The van der Waals surface area contributed by atoms with Crippen LogP contribution in [0.5, 0.6) is 5.75 Å². The van der Waals surface area contributed by atoms with Gasteiger partial charge in [-0.3, -0.25) is 4.72 Å². The van der Waals surface area contributed by atoms with E-state index in [-0.39, 0.29) is 4.90 Å². The summed E-state index contributed by atoms with van der Waals surface area (Å²) in [5.74, 6) is 0.824. The molecule has 0 aromatic heterocycles. The summed E-state index contributed by atoms with van der Waals surface area (Å²) in [6.07, 6.45) is 2.67. The summed E-state index contributed by atoms with van der Waals surface area (Å²) in [6, 6.07) is 11.0. The molecule has 0 spiro atoms. The molecule has 2 aromatic rings. The van der Waals surface area contributed by atoms with Gasteiger partial charge in [0.05, 0.1) is 17.7 Å². The van der Waals surface area contributed by atoms with Crippen LogP contribution in [-0.2, 0) is 22.9 Å². The van der Waals surface area contributed by atoms with Gasteiger partial charge in [-0.1, -0.05) is 12.1 Å². The monoisotopic (exact) mass is 374 g/mol. The zero-order chi connectivity index (χ0) is 18.9. The molecule has 0 radical (unpaired) electrons. The number of rotatable bonds is 5. The van der Waals surface area contributed by atoms with Crippen LogP contribution in [0.4, 0.5) is 5.69 Å². The van der Waals surface area contributed by atoms with Crippen molar-refractivity contribution in [3.05, 3.63) is 53.1 Å². The number of anilines is 1. The molecule has 0 bridgehead atoms. The lowest BCUT2D eigenvalue weighted by molar-refractivity contribution is 0.265. The Hall–Kier alpha value is -2.05. The highest BCUT2D eigenvalue weighted by Gasteiger charge is 2.27. The molecule has 1 aliphatic rings. The molecule has 0 saturated heterocycles. The molecule has 3 rings (SSSR count). The van der Waals surface area contributed by atoms with E-state index in [1.807, 2.05) is 19.1 Å². The van der Waals surface area contributed by atoms with Gasteiger partial charge in [-0.15, -0.1) is 0 Å². The summed E-state index contributed by atoms with van der Waals surface area (Å²) in [6.45, 7) is 1.88. The first-order valence-electron chi connectivity index (χ1n) is 8.76. The van der Waals surface area contributed by atoms with Crippen LogP contribution in [0.3, 0.4) is 0 Å². The minimum atomic E-state index is -3.62. The van der Waals surface area contributed by atoms with Crippen LogP contribution >= 0.6 is 0 Å². The molecule has 0 amide bonds. The van der Waals surface area contributed by atoms with Crippen molar-refractivity contribution in [2.75, 3.05) is 25.9 Å². The third-order valence-corrected chi connectivity index (χ3v) is 6.41. The third kappa shape index (κ3) is 3.71. The first-order valence-corrected chi connectivity index (χ1v) is 10.2. The van der Waals surface area contributed by atoms with E-state index in [0.29, 0.717) is 11.7 Å². The summed E-state index contributed by atoms with van der Waals surface area (Å²) in [5.41, 5.74) is 3.71. The van der Waals surface area contributed by atoms with Crippen LogP contribution in [0, 0.1) is 6.92 Å². The smallest absolute Gasteiger partial charge is 0.261 e. The van der Waals surface area contributed by atoms with Crippen LogP contribution < -0.4 is 9.46 Å². The van der Waals surface area contributed by atoms with Gasteiger partial charge in [-0.2, -0.15) is 0 Å². The zero-order valence-electron chi connectivity index (χ0n) is 15.7. The summed E-state index contributed by atoms with van der Waals surface area (Å²) in [7, 11) is 2.19. The number of likely N-dealkylation sites (N-methyl/N-ethyl adjacent to an activating group) is 1. The van der Waals surface area contributed by atoms with Crippen molar-refractivity contribution in [2.24, 2.45) is 0 Å². The van der Waals surface area contributed by atoms with E-state index in [1.54, 1.807) is 31.4 Å². The SMILES string of the molecule is COc1ccc(NS(=O)(=O)c2cccc(C)c2)c2c1CC(N(C)C)CC2. The fraction of sp³-hybridized carbons (Fsp3) is 0.400. The Morgan fingerprint density at radius 1 is 1.15 bits per heavy atom. The molecule has 140 valence electrons. The number of sulfonamides is 1. The van der Waals surface area contributed by atoms with Crippen molar-refractivity contribution in [2.45, 2.75) is 37.1 Å². The van der Waals surface area contributed by atoms with E-state index in [4.69, 9.17) is 4.74 Å². The molecule has 1 N–H and O–H groups in total. The summed E-state index contributed by atoms with van der Waals surface area (Å²) in [4.78, 5) is 2.50. The average molecular weight is 375 g/mol. The van der Waals surface area contributed by atoms with E-state index in [1.165, 1.54) is 0 Å². The van der Waals surface area contributed by atoms with E-state index >= 15 is 0 Å². The highest BCUT2D eigenvalue weighted by Crippen LogP contribution is 2.36. The van der Waals surface area contributed by atoms with Gasteiger partial charge in [0.15, 0.2) is 0 Å². The lowest BCUT2D eigenvalue weighted by Gasteiger charge is -2.32. The van der Waals surface area contributed by atoms with Crippen LogP contribution in [0.1, 0.15) is 23.1 Å². The number of fused-ring (bicyclic) bond motifs is 1. The van der Waals surface area contributed by atoms with Gasteiger partial charge in [-0.05, 0) is 75.7 Å². The van der Waals surface area contributed by atoms with E-state index in [9.17, 15) is 8.42 Å². The molecule has 5 nitrogen and oxygen atoms in total. The lowest BCUT2D eigenvalue weighted by Crippen LogP contribution is -2.34. The summed E-state index contributed by atoms with van der Waals surface area (Å²) in [5, 5.41) is 0. The van der Waals surface area contributed by atoms with Crippen LogP contribution in [-0.4, -0.2) is 40.6 Å². The van der Waals surface area contributed by atoms with Crippen molar-refractivity contribution >= 4 is 15.7 Å². The van der Waals surface area contributed by atoms with E-state index in [0.717, 1.165) is 41.7 Å². The first-order chi connectivity index (χ1) is 12.3. The number of ether oxygens (including phenoxy) is 1. The zero-order valence-corrected chi connectivity index (χ0v) is 16.6. The number of methoxy groups -OCH3 is 1. The Kier molecular flexibility index (Phi) is 5.25. The molecular formula is C20H26N2O3S. The Labute approximate surface area is 156 Å². The molecule has 1 atom stereocenters. The number of aryl methyl sites for hydroxylation is 1. The first kappa shape index (κ1) is 18.7. The maximum absolute atomic E-state index is 12.8. The molecule has 0 saturated carbocycles. The molecule has 26 heavy (non-hydrogen) atoms. The van der Waals surface area contributed by atoms with Crippen molar-refractivity contribution in [3.63, 3.8) is 0 Å². The minimum absolute atomic E-state index is 0.282. The van der Waals surface area contributed by atoms with Gasteiger partial charge in [0.2, 0.25) is 0 Å². The Balaban J connectivity index is 1.98. The molecule has 1 aliphatic carbocycles. The fourth-order valence-electron chi connectivity index (χ4n) is 3.54. The molecule has 0 fully saturated rings. The van der Waals surface area contributed by atoms with Crippen molar-refractivity contribution < 1.29 is 13.2 Å². The number of nitrogens with one attached hydrogen (secondary N) is 1. The van der Waals surface area contributed by atoms with Gasteiger partial charge < -0.3 is 9.64 Å². The summed E-state index contributed by atoms with van der Waals surface area (Å²) >= 11 is 0. The predicted molar refractivity (Wildman–Crippen MR) is 104 cm³/mol. The average Bonchev–Trinajstić information content (AvgIpc) is 2.61. The third-order valence-electron chi connectivity index (χ3n) is 5.05. The van der Waals surface area contributed by atoms with Gasteiger partial charge in [0.1, 0.15) is 5.75 Å². The van der Waals surface area contributed by atoms with Crippen LogP contribution in [0.25, 0.3) is 0 Å². The standard InChI is InChI=1S/C20H26N2O3S/c1-14-6-5-7-16(12-14)26(23,24)21-19-10-11-20(25-4)18-13-15(22(2)3)8-9-17(18)19/h5-7,10-12,15,21H,8-9,13H2,1-4H3. The van der Waals surface area contributed by atoms with Gasteiger partial charge in [0, 0.05) is 11.6 Å². The Morgan fingerprint density at radius 3 is 2.58 bits per heavy atom. The number of hydrogen-bond donors (Lipinski definition) is 1. The second kappa shape index (κ2) is 7.29. The van der Waals surface area contributed by atoms with Gasteiger partial charge >= 0.3 is 0 Å². The number of nitrogens with zero attached hydrogens (tertiary/aromatic N) is 1. The van der Waals surface area contributed by atoms with E-state index in [2.05, 4.69) is 23.7 Å². The van der Waals surface area contributed by atoms with Crippen molar-refractivity contribution in [1.29, 1.82) is 0 Å². The maximum Gasteiger partial charge on any atom is 0.261 e. The van der Waals surface area contributed by atoms with Gasteiger partial charge in [-0.25, -0.2) is 8.42 Å². The van der Waals surface area contributed by atoms with Crippen LogP contribution in [0.2, 0.25) is 0 Å². The highest BCUT2D eigenvalue weighted by molar-refractivity contribution is 7.92. The molecule has 1 unspecified atom stereocenters. The number of benzene rings is 2. The largest absolute Gasteiger partial charge is 0.496 e. The molecular weight excluding hydrogens is 348 g/mol. The van der Waals surface area contributed by atoms with Crippen molar-refractivity contribution in [3.8, 4) is 5.75 Å². The minimum Gasteiger partial charge on any atom is -0.496 e. The molecule has 0 heterocycles. The Bertz CT molecular complexity index is 907. The topological polar surface area (TPSA) is 58.6 Å². The second-order valence-electron chi connectivity index (χ2n) is 7.05. The molecule has 0 aliphatic heterocycles. The normalized spacial score (nSPS) is 17.0. The highest BCUT2D eigenvalue weighted by atomic mass is 32.2. The second-order valence-corrected chi connectivity index (χ2v) is 8.74. The van der Waals surface area contributed by atoms with Gasteiger partial charge in [0.25, 0.3) is 10.0 Å². The number of hydrogen-bond acceptors (Lipinski definition) is 4. The lowest BCUT2D eigenvalue weighted by atomic mass is 9.86. The molecule has 6 heteroatoms.